The molecule has 1 rings (SSSR count). The molecule has 1 aliphatic carbocycles. The van der Waals surface area contributed by atoms with E-state index in [2.05, 4.69) is 47.2 Å². The van der Waals surface area contributed by atoms with E-state index in [-0.39, 0.29) is 0 Å². The van der Waals surface area contributed by atoms with Gasteiger partial charge in [0.1, 0.15) is 0 Å². The van der Waals surface area contributed by atoms with Crippen LogP contribution in [0.2, 0.25) is 0 Å². The summed E-state index contributed by atoms with van der Waals surface area (Å²) in [6, 6.07) is 0. The zero-order valence-corrected chi connectivity index (χ0v) is 13.1. The van der Waals surface area contributed by atoms with Crippen LogP contribution in [0, 0.1) is 23.2 Å². The third kappa shape index (κ3) is 5.21. The van der Waals surface area contributed by atoms with Crippen molar-refractivity contribution in [3.05, 3.63) is 0 Å². The van der Waals surface area contributed by atoms with E-state index in [1.54, 1.807) is 0 Å². The summed E-state index contributed by atoms with van der Waals surface area (Å²) in [5.41, 5.74) is 0.299. The van der Waals surface area contributed by atoms with Crippen molar-refractivity contribution < 1.29 is 4.74 Å². The van der Waals surface area contributed by atoms with E-state index < -0.39 is 0 Å². The highest BCUT2D eigenvalue weighted by molar-refractivity contribution is 7.80. The molecular formula is C15H30OS. The summed E-state index contributed by atoms with van der Waals surface area (Å²) < 4.78 is 6.15. The largest absolute Gasteiger partial charge is 0.378 e. The molecule has 2 heteroatoms. The Kier molecular flexibility index (Phi) is 5.85. The van der Waals surface area contributed by atoms with Crippen LogP contribution in [0.15, 0.2) is 0 Å². The number of rotatable bonds is 4. The van der Waals surface area contributed by atoms with Crippen LogP contribution in [0.25, 0.3) is 0 Å². The standard InChI is InChI=1S/C15H30OS/c1-11-6-12(2)8-14(7-11)16-9-13(10-17)15(3,4)5/h11-14,17H,6-10H2,1-5H3. The lowest BCUT2D eigenvalue weighted by Gasteiger charge is -2.35. The van der Waals surface area contributed by atoms with Crippen LogP contribution >= 0.6 is 12.6 Å². The lowest BCUT2D eigenvalue weighted by molar-refractivity contribution is -0.0282. The second-order valence-corrected chi connectivity index (χ2v) is 7.48. The molecule has 0 radical (unpaired) electrons. The third-order valence-electron chi connectivity index (χ3n) is 4.11. The lowest BCUT2D eigenvalue weighted by atomic mass is 9.81. The van der Waals surface area contributed by atoms with Gasteiger partial charge in [-0.1, -0.05) is 34.6 Å². The van der Waals surface area contributed by atoms with Crippen LogP contribution in [0.5, 0.6) is 0 Å². The SMILES string of the molecule is CC1CC(C)CC(OCC(CS)C(C)(C)C)C1. The molecule has 1 aliphatic rings. The van der Waals surface area contributed by atoms with E-state index in [0.29, 0.717) is 17.4 Å². The van der Waals surface area contributed by atoms with Crippen molar-refractivity contribution in [2.24, 2.45) is 23.2 Å². The quantitative estimate of drug-likeness (QED) is 0.734. The Hall–Kier alpha value is 0.310. The highest BCUT2D eigenvalue weighted by atomic mass is 32.1. The van der Waals surface area contributed by atoms with E-state index >= 15 is 0 Å². The number of ether oxygens (including phenoxy) is 1. The third-order valence-corrected chi connectivity index (χ3v) is 4.55. The molecular weight excluding hydrogens is 228 g/mol. The lowest BCUT2D eigenvalue weighted by Crippen LogP contribution is -2.32. The van der Waals surface area contributed by atoms with Gasteiger partial charge in [-0.25, -0.2) is 0 Å². The zero-order chi connectivity index (χ0) is 13.1. The van der Waals surface area contributed by atoms with Crippen molar-refractivity contribution in [3.63, 3.8) is 0 Å². The Morgan fingerprint density at radius 3 is 2.06 bits per heavy atom. The molecule has 1 saturated carbocycles. The average molecular weight is 258 g/mol. The highest BCUT2D eigenvalue weighted by Gasteiger charge is 2.28. The maximum absolute atomic E-state index is 6.15. The molecule has 3 atom stereocenters. The molecule has 1 fully saturated rings. The predicted molar refractivity (Wildman–Crippen MR) is 78.7 cm³/mol. The minimum atomic E-state index is 0.299. The molecule has 0 aromatic carbocycles. The maximum atomic E-state index is 6.15. The first kappa shape index (κ1) is 15.4. The topological polar surface area (TPSA) is 9.23 Å². The molecule has 102 valence electrons. The molecule has 0 N–H and O–H groups in total. The summed E-state index contributed by atoms with van der Waals surface area (Å²) in [4.78, 5) is 0. The Morgan fingerprint density at radius 1 is 1.12 bits per heavy atom. The van der Waals surface area contributed by atoms with Crippen LogP contribution in [-0.2, 0) is 4.74 Å². The van der Waals surface area contributed by atoms with Gasteiger partial charge in [0, 0.05) is 0 Å². The summed E-state index contributed by atoms with van der Waals surface area (Å²) in [5, 5.41) is 0. The molecule has 0 aromatic heterocycles. The molecule has 17 heavy (non-hydrogen) atoms. The summed E-state index contributed by atoms with van der Waals surface area (Å²) in [5.74, 6) is 3.13. The molecule has 0 amide bonds. The average Bonchev–Trinajstić information content (AvgIpc) is 2.14. The molecule has 0 heterocycles. The minimum Gasteiger partial charge on any atom is -0.378 e. The van der Waals surface area contributed by atoms with Gasteiger partial charge in [0.25, 0.3) is 0 Å². The van der Waals surface area contributed by atoms with Crippen molar-refractivity contribution in [2.75, 3.05) is 12.4 Å². The minimum absolute atomic E-state index is 0.299. The van der Waals surface area contributed by atoms with E-state index in [1.165, 1.54) is 19.3 Å². The normalized spacial score (nSPS) is 32.5. The molecule has 0 bridgehead atoms. The Morgan fingerprint density at radius 2 is 1.65 bits per heavy atom. The van der Waals surface area contributed by atoms with Gasteiger partial charge < -0.3 is 4.74 Å². The van der Waals surface area contributed by atoms with Crippen LogP contribution in [0.4, 0.5) is 0 Å². The molecule has 0 spiro atoms. The van der Waals surface area contributed by atoms with Crippen molar-refractivity contribution in [1.29, 1.82) is 0 Å². The van der Waals surface area contributed by atoms with E-state index in [1.807, 2.05) is 0 Å². The van der Waals surface area contributed by atoms with Gasteiger partial charge in [0.2, 0.25) is 0 Å². The van der Waals surface area contributed by atoms with Crippen LogP contribution in [0.3, 0.4) is 0 Å². The molecule has 1 nitrogen and oxygen atoms in total. The first-order chi connectivity index (χ1) is 7.82. The van der Waals surface area contributed by atoms with Gasteiger partial charge in [0.15, 0.2) is 0 Å². The Balaban J connectivity index is 2.39. The fourth-order valence-corrected chi connectivity index (χ4v) is 3.49. The van der Waals surface area contributed by atoms with Crippen molar-refractivity contribution in [1.82, 2.24) is 0 Å². The molecule has 0 aromatic rings. The summed E-state index contributed by atoms with van der Waals surface area (Å²) in [6.07, 6.45) is 4.34. The summed E-state index contributed by atoms with van der Waals surface area (Å²) >= 11 is 4.46. The van der Waals surface area contributed by atoms with Crippen LogP contribution < -0.4 is 0 Å². The first-order valence-electron chi connectivity index (χ1n) is 7.05. The summed E-state index contributed by atoms with van der Waals surface area (Å²) in [7, 11) is 0. The molecule has 3 unspecified atom stereocenters. The van der Waals surface area contributed by atoms with Gasteiger partial charge in [0.05, 0.1) is 12.7 Å². The number of hydrogen-bond acceptors (Lipinski definition) is 2. The molecule has 0 saturated heterocycles. The van der Waals surface area contributed by atoms with Gasteiger partial charge >= 0.3 is 0 Å². The van der Waals surface area contributed by atoms with Gasteiger partial charge in [-0.2, -0.15) is 12.6 Å². The van der Waals surface area contributed by atoms with E-state index in [0.717, 1.165) is 24.2 Å². The number of hydrogen-bond donors (Lipinski definition) is 1. The number of thiol groups is 1. The van der Waals surface area contributed by atoms with E-state index in [9.17, 15) is 0 Å². The fourth-order valence-electron chi connectivity index (χ4n) is 2.84. The highest BCUT2D eigenvalue weighted by Crippen LogP contribution is 2.32. The van der Waals surface area contributed by atoms with Gasteiger partial charge in [-0.05, 0) is 48.2 Å². The fraction of sp³-hybridized carbons (Fsp3) is 1.00. The van der Waals surface area contributed by atoms with Crippen molar-refractivity contribution >= 4 is 12.6 Å². The van der Waals surface area contributed by atoms with Crippen LogP contribution in [0.1, 0.15) is 53.9 Å². The zero-order valence-electron chi connectivity index (χ0n) is 12.2. The second kappa shape index (κ2) is 6.47. The molecule has 0 aliphatic heterocycles. The first-order valence-corrected chi connectivity index (χ1v) is 7.68. The van der Waals surface area contributed by atoms with Gasteiger partial charge in [-0.15, -0.1) is 0 Å². The summed E-state index contributed by atoms with van der Waals surface area (Å²) in [6.45, 7) is 12.4. The monoisotopic (exact) mass is 258 g/mol. The second-order valence-electron chi connectivity index (χ2n) is 7.12. The predicted octanol–water partition coefficient (Wildman–Crippen LogP) is 4.42. The van der Waals surface area contributed by atoms with Crippen LogP contribution in [-0.4, -0.2) is 18.5 Å². The Bertz CT molecular complexity index is 211. The van der Waals surface area contributed by atoms with E-state index in [4.69, 9.17) is 4.74 Å². The maximum Gasteiger partial charge on any atom is 0.0580 e. The van der Waals surface area contributed by atoms with Gasteiger partial charge in [-0.3, -0.25) is 0 Å². The van der Waals surface area contributed by atoms with Crippen molar-refractivity contribution in [2.45, 2.75) is 60.0 Å². The smallest absolute Gasteiger partial charge is 0.0580 e. The van der Waals surface area contributed by atoms with Crippen molar-refractivity contribution in [3.8, 4) is 0 Å². The Labute approximate surface area is 113 Å².